The number of aromatic nitrogens is 2. The van der Waals surface area contributed by atoms with Crippen LogP contribution in [0.3, 0.4) is 0 Å². The van der Waals surface area contributed by atoms with E-state index in [1.807, 2.05) is 6.07 Å². The van der Waals surface area contributed by atoms with E-state index in [-0.39, 0.29) is 0 Å². The van der Waals surface area contributed by atoms with E-state index in [2.05, 4.69) is 29.1 Å². The number of anilines is 1. The van der Waals surface area contributed by atoms with E-state index in [4.69, 9.17) is 5.26 Å². The van der Waals surface area contributed by atoms with E-state index in [1.165, 1.54) is 19.0 Å². The maximum atomic E-state index is 8.55. The van der Waals surface area contributed by atoms with Gasteiger partial charge in [-0.15, -0.1) is 0 Å². The van der Waals surface area contributed by atoms with Crippen molar-refractivity contribution in [1.82, 2.24) is 9.97 Å². The van der Waals surface area contributed by atoms with Gasteiger partial charge in [0.1, 0.15) is 11.9 Å². The number of hydrogen-bond acceptors (Lipinski definition) is 4. The van der Waals surface area contributed by atoms with E-state index >= 15 is 0 Å². The fourth-order valence-corrected chi connectivity index (χ4v) is 1.37. The second-order valence-electron chi connectivity index (χ2n) is 4.22. The lowest BCUT2D eigenvalue weighted by atomic mass is 10.1. The molecule has 4 heteroatoms. The Kier molecular flexibility index (Phi) is 5.27. The van der Waals surface area contributed by atoms with Gasteiger partial charge in [0.15, 0.2) is 5.69 Å². The molecule has 0 aliphatic rings. The molecule has 0 fully saturated rings. The lowest BCUT2D eigenvalue weighted by Gasteiger charge is -2.06. The van der Waals surface area contributed by atoms with Crippen molar-refractivity contribution in [2.75, 3.05) is 11.9 Å². The minimum absolute atomic E-state index is 0.352. The van der Waals surface area contributed by atoms with Gasteiger partial charge in [0, 0.05) is 6.54 Å². The first-order valence-corrected chi connectivity index (χ1v) is 5.68. The van der Waals surface area contributed by atoms with Crippen molar-refractivity contribution in [3.8, 4) is 6.07 Å². The molecule has 0 saturated heterocycles. The topological polar surface area (TPSA) is 61.6 Å². The molecule has 1 aromatic heterocycles. The Bertz CT molecular complexity index is 337. The molecule has 0 saturated carbocycles. The smallest absolute Gasteiger partial charge is 0.158 e. The number of hydrogen-bond donors (Lipinski definition) is 1. The number of nitriles is 1. The molecule has 16 heavy (non-hydrogen) atoms. The third-order valence-electron chi connectivity index (χ3n) is 2.28. The van der Waals surface area contributed by atoms with Crippen molar-refractivity contribution in [1.29, 1.82) is 5.26 Å². The van der Waals surface area contributed by atoms with Crippen molar-refractivity contribution in [3.63, 3.8) is 0 Å². The molecular formula is C12H18N4. The van der Waals surface area contributed by atoms with Gasteiger partial charge in [0.25, 0.3) is 0 Å². The van der Waals surface area contributed by atoms with E-state index in [0.717, 1.165) is 24.7 Å². The van der Waals surface area contributed by atoms with Crippen LogP contribution in [0.25, 0.3) is 0 Å². The van der Waals surface area contributed by atoms with Crippen LogP contribution in [0, 0.1) is 17.2 Å². The summed E-state index contributed by atoms with van der Waals surface area (Å²) in [5.74, 6) is 1.51. The van der Waals surface area contributed by atoms with E-state index in [1.54, 1.807) is 6.20 Å². The lowest BCUT2D eigenvalue weighted by Crippen LogP contribution is -2.04. The molecule has 0 radical (unpaired) electrons. The summed E-state index contributed by atoms with van der Waals surface area (Å²) < 4.78 is 0. The summed E-state index contributed by atoms with van der Waals surface area (Å²) >= 11 is 0. The summed E-state index contributed by atoms with van der Waals surface area (Å²) in [5, 5.41) is 11.7. The first-order valence-electron chi connectivity index (χ1n) is 5.68. The fraction of sp³-hybridized carbons (Fsp3) is 0.583. The Balaban J connectivity index is 2.20. The van der Waals surface area contributed by atoms with Crippen LogP contribution in [0.4, 0.5) is 5.82 Å². The number of nitrogens with zero attached hydrogens (tertiary/aromatic N) is 3. The van der Waals surface area contributed by atoms with Gasteiger partial charge in [-0.2, -0.15) is 5.26 Å². The van der Waals surface area contributed by atoms with Crippen LogP contribution in [0.15, 0.2) is 12.4 Å². The summed E-state index contributed by atoms with van der Waals surface area (Å²) in [6.45, 7) is 5.38. The number of unbranched alkanes of at least 4 members (excludes halogenated alkanes) is 1. The third kappa shape index (κ3) is 4.74. The Morgan fingerprint density at radius 1 is 1.31 bits per heavy atom. The van der Waals surface area contributed by atoms with Crippen molar-refractivity contribution < 1.29 is 0 Å². The van der Waals surface area contributed by atoms with Gasteiger partial charge in [-0.25, -0.2) is 9.97 Å². The summed E-state index contributed by atoms with van der Waals surface area (Å²) in [6.07, 6.45) is 6.71. The van der Waals surface area contributed by atoms with E-state index in [0.29, 0.717) is 5.69 Å². The maximum absolute atomic E-state index is 8.55. The standard InChI is InChI=1S/C12H18N4/c1-10(2)5-3-4-6-14-12-9-15-11(7-13)8-16-12/h8-10H,3-6H2,1-2H3,(H,14,16). The lowest BCUT2D eigenvalue weighted by molar-refractivity contribution is 0.544. The minimum Gasteiger partial charge on any atom is -0.369 e. The highest BCUT2D eigenvalue weighted by Crippen LogP contribution is 2.06. The molecule has 4 nitrogen and oxygen atoms in total. The highest BCUT2D eigenvalue weighted by Gasteiger charge is 1.97. The predicted molar refractivity (Wildman–Crippen MR) is 63.9 cm³/mol. The normalized spacial score (nSPS) is 10.1. The molecule has 1 heterocycles. The van der Waals surface area contributed by atoms with Gasteiger partial charge in [0.2, 0.25) is 0 Å². The van der Waals surface area contributed by atoms with E-state index < -0.39 is 0 Å². The molecule has 1 aromatic rings. The Hall–Kier alpha value is -1.63. The quantitative estimate of drug-likeness (QED) is 0.745. The first-order chi connectivity index (χ1) is 7.72. The molecule has 0 amide bonds. The number of rotatable bonds is 6. The average Bonchev–Trinajstić information content (AvgIpc) is 2.29. The van der Waals surface area contributed by atoms with Crippen LogP contribution in [0.5, 0.6) is 0 Å². The van der Waals surface area contributed by atoms with Crippen LogP contribution in [0.1, 0.15) is 38.8 Å². The Labute approximate surface area is 96.7 Å². The first kappa shape index (κ1) is 12.4. The molecule has 86 valence electrons. The average molecular weight is 218 g/mol. The molecule has 0 aliphatic heterocycles. The summed E-state index contributed by atoms with van der Waals surface area (Å²) in [5.41, 5.74) is 0.352. The van der Waals surface area contributed by atoms with Crippen LogP contribution in [0.2, 0.25) is 0 Å². The van der Waals surface area contributed by atoms with Gasteiger partial charge in [-0.05, 0) is 12.3 Å². The molecule has 0 aromatic carbocycles. The Morgan fingerprint density at radius 3 is 2.69 bits per heavy atom. The SMILES string of the molecule is CC(C)CCCCNc1cnc(C#N)cn1. The summed E-state index contributed by atoms with van der Waals surface area (Å²) in [4.78, 5) is 8.02. The molecule has 0 atom stereocenters. The molecular weight excluding hydrogens is 200 g/mol. The van der Waals surface area contributed by atoms with Gasteiger partial charge >= 0.3 is 0 Å². The third-order valence-corrected chi connectivity index (χ3v) is 2.28. The monoisotopic (exact) mass is 218 g/mol. The second kappa shape index (κ2) is 6.78. The molecule has 1 N–H and O–H groups in total. The zero-order valence-electron chi connectivity index (χ0n) is 9.90. The van der Waals surface area contributed by atoms with Gasteiger partial charge < -0.3 is 5.32 Å². The molecule has 0 spiro atoms. The minimum atomic E-state index is 0.352. The zero-order valence-corrected chi connectivity index (χ0v) is 9.90. The van der Waals surface area contributed by atoms with Gasteiger partial charge in [-0.3, -0.25) is 0 Å². The highest BCUT2D eigenvalue weighted by atomic mass is 15.0. The Morgan fingerprint density at radius 2 is 2.12 bits per heavy atom. The van der Waals surface area contributed by atoms with Crippen molar-refractivity contribution in [3.05, 3.63) is 18.1 Å². The highest BCUT2D eigenvalue weighted by molar-refractivity contribution is 5.32. The van der Waals surface area contributed by atoms with Gasteiger partial charge in [-0.1, -0.05) is 26.7 Å². The van der Waals surface area contributed by atoms with Crippen LogP contribution in [-0.2, 0) is 0 Å². The summed E-state index contributed by atoms with van der Waals surface area (Å²) in [6, 6.07) is 1.94. The second-order valence-corrected chi connectivity index (χ2v) is 4.22. The van der Waals surface area contributed by atoms with Crippen LogP contribution in [-0.4, -0.2) is 16.5 Å². The van der Waals surface area contributed by atoms with Crippen LogP contribution < -0.4 is 5.32 Å². The van der Waals surface area contributed by atoms with Crippen molar-refractivity contribution in [2.45, 2.75) is 33.1 Å². The number of nitrogens with one attached hydrogen (secondary N) is 1. The van der Waals surface area contributed by atoms with E-state index in [9.17, 15) is 0 Å². The fourth-order valence-electron chi connectivity index (χ4n) is 1.37. The molecule has 0 aliphatic carbocycles. The maximum Gasteiger partial charge on any atom is 0.158 e. The van der Waals surface area contributed by atoms with Crippen molar-refractivity contribution in [2.24, 2.45) is 5.92 Å². The van der Waals surface area contributed by atoms with Crippen LogP contribution >= 0.6 is 0 Å². The molecule has 0 bridgehead atoms. The molecule has 1 rings (SSSR count). The van der Waals surface area contributed by atoms with Crippen molar-refractivity contribution >= 4 is 5.82 Å². The largest absolute Gasteiger partial charge is 0.369 e. The predicted octanol–water partition coefficient (Wildman–Crippen LogP) is 2.59. The zero-order chi connectivity index (χ0) is 11.8. The van der Waals surface area contributed by atoms with Gasteiger partial charge in [0.05, 0.1) is 12.4 Å². The summed E-state index contributed by atoms with van der Waals surface area (Å²) in [7, 11) is 0. The molecule has 0 unspecified atom stereocenters.